The number of rotatable bonds is 3. The number of carbonyl (C=O) groups is 2. The van der Waals surface area contributed by atoms with E-state index in [-0.39, 0.29) is 24.0 Å². The second-order valence-corrected chi connectivity index (χ2v) is 6.85. The summed E-state index contributed by atoms with van der Waals surface area (Å²) in [6, 6.07) is 5.43. The lowest BCUT2D eigenvalue weighted by Gasteiger charge is -2.34. The molecule has 0 atom stereocenters. The van der Waals surface area contributed by atoms with Crippen molar-refractivity contribution in [3.8, 4) is 0 Å². The van der Waals surface area contributed by atoms with Gasteiger partial charge in [-0.2, -0.15) is 0 Å². The summed E-state index contributed by atoms with van der Waals surface area (Å²) in [5.74, 6) is -0.0254. The molecule has 1 saturated heterocycles. The maximum atomic E-state index is 12.8. The second kappa shape index (κ2) is 7.82. The Morgan fingerprint density at radius 1 is 1.07 bits per heavy atom. The number of hydrogen-bond donors (Lipinski definition) is 0. The number of fused-ring (bicyclic) bond motifs is 1. The van der Waals surface area contributed by atoms with E-state index < -0.39 is 0 Å². The number of hydrogen-bond acceptors (Lipinski definition) is 4. The third-order valence-electron chi connectivity index (χ3n) is 4.88. The minimum Gasteiger partial charge on any atom is -0.450 e. The monoisotopic (exact) mass is 371 g/mol. The largest absolute Gasteiger partial charge is 0.450 e. The lowest BCUT2D eigenvalue weighted by atomic mass is 10.1. The molecular formula is C20H25N3O4. The smallest absolute Gasteiger partial charge is 0.409 e. The molecule has 2 aromatic rings. The first-order valence-corrected chi connectivity index (χ1v) is 9.20. The van der Waals surface area contributed by atoms with Gasteiger partial charge >= 0.3 is 6.09 Å². The SMILES string of the molecule is CCOC(=O)N1CCN(C(=O)Cn2ccc(=O)c3c(C)cc(C)cc32)CC1. The highest BCUT2D eigenvalue weighted by atomic mass is 16.6. The van der Waals surface area contributed by atoms with Crippen LogP contribution in [0.15, 0.2) is 29.2 Å². The maximum absolute atomic E-state index is 12.8. The maximum Gasteiger partial charge on any atom is 0.409 e. The van der Waals surface area contributed by atoms with Gasteiger partial charge in [0.1, 0.15) is 6.54 Å². The predicted octanol–water partition coefficient (Wildman–Crippen LogP) is 1.92. The highest BCUT2D eigenvalue weighted by Crippen LogP contribution is 2.18. The molecule has 3 rings (SSSR count). The van der Waals surface area contributed by atoms with Gasteiger partial charge in [0, 0.05) is 43.8 Å². The zero-order valence-electron chi connectivity index (χ0n) is 16.0. The molecule has 0 N–H and O–H groups in total. The molecule has 1 aliphatic rings. The number of benzene rings is 1. The van der Waals surface area contributed by atoms with E-state index in [0.29, 0.717) is 38.2 Å². The Bertz CT molecular complexity index is 927. The van der Waals surface area contributed by atoms with Crippen LogP contribution in [0.25, 0.3) is 10.9 Å². The zero-order chi connectivity index (χ0) is 19.6. The van der Waals surface area contributed by atoms with E-state index in [1.54, 1.807) is 22.9 Å². The van der Waals surface area contributed by atoms with Gasteiger partial charge in [0.2, 0.25) is 5.91 Å². The minimum absolute atomic E-state index is 0.0254. The second-order valence-electron chi connectivity index (χ2n) is 6.85. The van der Waals surface area contributed by atoms with Crippen LogP contribution >= 0.6 is 0 Å². The molecule has 0 spiro atoms. The van der Waals surface area contributed by atoms with Crippen molar-refractivity contribution < 1.29 is 14.3 Å². The summed E-state index contributed by atoms with van der Waals surface area (Å²) in [4.78, 5) is 40.2. The molecular weight excluding hydrogens is 346 g/mol. The van der Waals surface area contributed by atoms with Crippen molar-refractivity contribution >= 4 is 22.9 Å². The Morgan fingerprint density at radius 2 is 1.74 bits per heavy atom. The summed E-state index contributed by atoms with van der Waals surface area (Å²) >= 11 is 0. The molecule has 144 valence electrons. The van der Waals surface area contributed by atoms with Crippen LogP contribution in [0.3, 0.4) is 0 Å². The summed E-state index contributed by atoms with van der Waals surface area (Å²) < 4.78 is 6.83. The lowest BCUT2D eigenvalue weighted by Crippen LogP contribution is -2.51. The van der Waals surface area contributed by atoms with Crippen molar-refractivity contribution in [3.63, 3.8) is 0 Å². The highest BCUT2D eigenvalue weighted by Gasteiger charge is 2.25. The number of aromatic nitrogens is 1. The van der Waals surface area contributed by atoms with Gasteiger partial charge in [0.25, 0.3) is 0 Å². The van der Waals surface area contributed by atoms with Crippen molar-refractivity contribution in [2.45, 2.75) is 27.3 Å². The van der Waals surface area contributed by atoms with Gasteiger partial charge in [0.05, 0.1) is 12.1 Å². The molecule has 2 heterocycles. The number of piperazine rings is 1. The summed E-state index contributed by atoms with van der Waals surface area (Å²) in [7, 11) is 0. The molecule has 7 heteroatoms. The molecule has 1 fully saturated rings. The van der Waals surface area contributed by atoms with Crippen molar-refractivity contribution in [1.82, 2.24) is 14.4 Å². The van der Waals surface area contributed by atoms with Gasteiger partial charge < -0.3 is 19.1 Å². The molecule has 2 amide bonds. The predicted molar refractivity (Wildman–Crippen MR) is 103 cm³/mol. The molecule has 1 aliphatic heterocycles. The Hall–Kier alpha value is -2.83. The molecule has 7 nitrogen and oxygen atoms in total. The van der Waals surface area contributed by atoms with Crippen LogP contribution in [0.1, 0.15) is 18.1 Å². The average molecular weight is 371 g/mol. The van der Waals surface area contributed by atoms with Crippen LogP contribution in [0.4, 0.5) is 4.79 Å². The third-order valence-corrected chi connectivity index (χ3v) is 4.88. The van der Waals surface area contributed by atoms with Crippen molar-refractivity contribution in [2.75, 3.05) is 32.8 Å². The minimum atomic E-state index is -0.332. The standard InChI is InChI=1S/C20H25N3O4/c1-4-27-20(26)22-9-7-21(8-10-22)18(25)13-23-6-5-17(24)19-15(3)11-14(2)12-16(19)23/h5-6,11-12H,4,7-10,13H2,1-3H3. The summed E-state index contributed by atoms with van der Waals surface area (Å²) in [6.07, 6.45) is 1.35. The molecule has 0 radical (unpaired) electrons. The number of carbonyl (C=O) groups excluding carboxylic acids is 2. The Balaban J connectivity index is 1.75. The van der Waals surface area contributed by atoms with Crippen LogP contribution in [0.5, 0.6) is 0 Å². The van der Waals surface area contributed by atoms with Gasteiger partial charge in [-0.3, -0.25) is 9.59 Å². The van der Waals surface area contributed by atoms with Crippen LogP contribution in [-0.4, -0.2) is 59.2 Å². The van der Waals surface area contributed by atoms with Gasteiger partial charge in [-0.25, -0.2) is 4.79 Å². The van der Waals surface area contributed by atoms with Gasteiger partial charge in [-0.15, -0.1) is 0 Å². The first-order chi connectivity index (χ1) is 12.9. The number of ether oxygens (including phenoxy) is 1. The lowest BCUT2D eigenvalue weighted by molar-refractivity contribution is -0.133. The van der Waals surface area contributed by atoms with Crippen LogP contribution < -0.4 is 5.43 Å². The van der Waals surface area contributed by atoms with E-state index in [4.69, 9.17) is 4.74 Å². The van der Waals surface area contributed by atoms with Crippen molar-refractivity contribution in [1.29, 1.82) is 0 Å². The molecule has 1 aromatic heterocycles. The third kappa shape index (κ3) is 3.97. The van der Waals surface area contributed by atoms with E-state index >= 15 is 0 Å². The fraction of sp³-hybridized carbons (Fsp3) is 0.450. The van der Waals surface area contributed by atoms with Crippen LogP contribution in [-0.2, 0) is 16.1 Å². The molecule has 0 bridgehead atoms. The van der Waals surface area contributed by atoms with Gasteiger partial charge in [-0.05, 0) is 38.0 Å². The first-order valence-electron chi connectivity index (χ1n) is 9.20. The first kappa shape index (κ1) is 18.9. The molecule has 0 unspecified atom stereocenters. The molecule has 1 aromatic carbocycles. The van der Waals surface area contributed by atoms with E-state index in [1.807, 2.05) is 30.5 Å². The van der Waals surface area contributed by atoms with Crippen LogP contribution in [0, 0.1) is 13.8 Å². The van der Waals surface area contributed by atoms with Crippen molar-refractivity contribution in [3.05, 3.63) is 45.7 Å². The Kier molecular flexibility index (Phi) is 5.48. The summed E-state index contributed by atoms with van der Waals surface area (Å²) in [6.45, 7) is 8.07. The molecule has 27 heavy (non-hydrogen) atoms. The van der Waals surface area contributed by atoms with E-state index in [0.717, 1.165) is 16.6 Å². The Morgan fingerprint density at radius 3 is 2.41 bits per heavy atom. The average Bonchev–Trinajstić information content (AvgIpc) is 2.63. The quantitative estimate of drug-likeness (QED) is 0.826. The number of pyridine rings is 1. The highest BCUT2D eigenvalue weighted by molar-refractivity contribution is 5.85. The Labute approximate surface area is 158 Å². The normalized spacial score (nSPS) is 14.5. The molecule has 0 saturated carbocycles. The molecule has 0 aliphatic carbocycles. The van der Waals surface area contributed by atoms with Gasteiger partial charge in [0.15, 0.2) is 5.43 Å². The van der Waals surface area contributed by atoms with Crippen LogP contribution in [0.2, 0.25) is 0 Å². The van der Waals surface area contributed by atoms with E-state index in [1.165, 1.54) is 6.07 Å². The fourth-order valence-electron chi connectivity index (χ4n) is 3.55. The zero-order valence-corrected chi connectivity index (χ0v) is 16.0. The summed E-state index contributed by atoms with van der Waals surface area (Å²) in [5, 5.41) is 0.656. The number of aryl methyl sites for hydroxylation is 2. The number of nitrogens with zero attached hydrogens (tertiary/aromatic N) is 3. The summed E-state index contributed by atoms with van der Waals surface area (Å²) in [5.41, 5.74) is 2.71. The fourth-order valence-corrected chi connectivity index (χ4v) is 3.55. The number of amides is 2. The van der Waals surface area contributed by atoms with Gasteiger partial charge in [-0.1, -0.05) is 6.07 Å². The van der Waals surface area contributed by atoms with Crippen molar-refractivity contribution in [2.24, 2.45) is 0 Å². The van der Waals surface area contributed by atoms with E-state index in [9.17, 15) is 14.4 Å². The topological polar surface area (TPSA) is 71.8 Å². The van der Waals surface area contributed by atoms with E-state index in [2.05, 4.69) is 0 Å².